The number of para-hydroxylation sites is 1. The Labute approximate surface area is 204 Å². The molecule has 2 aromatic carbocycles. The predicted octanol–water partition coefficient (Wildman–Crippen LogP) is 5.06. The molecule has 2 aliphatic rings. The molecule has 3 aromatic rings. The van der Waals surface area contributed by atoms with Gasteiger partial charge >= 0.3 is 0 Å². The quantitative estimate of drug-likeness (QED) is 0.505. The van der Waals surface area contributed by atoms with E-state index in [1.807, 2.05) is 30.1 Å². The van der Waals surface area contributed by atoms with Crippen molar-refractivity contribution in [1.82, 2.24) is 9.97 Å². The summed E-state index contributed by atoms with van der Waals surface area (Å²) >= 11 is 6.57. The van der Waals surface area contributed by atoms with E-state index >= 15 is 4.39 Å². The van der Waals surface area contributed by atoms with E-state index in [2.05, 4.69) is 22.0 Å². The van der Waals surface area contributed by atoms with Crippen LogP contribution in [0.2, 0.25) is 5.02 Å². The monoisotopic (exact) mass is 484 g/mol. The molecule has 180 valence electrons. The van der Waals surface area contributed by atoms with E-state index in [9.17, 15) is 5.11 Å². The van der Waals surface area contributed by atoms with Gasteiger partial charge in [0.1, 0.15) is 11.6 Å². The van der Waals surface area contributed by atoms with Crippen molar-refractivity contribution in [3.8, 4) is 5.75 Å². The fourth-order valence-electron chi connectivity index (χ4n) is 4.87. The molecule has 0 atom stereocenters. The van der Waals surface area contributed by atoms with Crippen molar-refractivity contribution < 1.29 is 14.2 Å². The highest BCUT2D eigenvalue weighted by molar-refractivity contribution is 6.34. The van der Waals surface area contributed by atoms with Crippen LogP contribution in [-0.2, 0) is 5.67 Å². The lowest BCUT2D eigenvalue weighted by Gasteiger charge is -2.34. The molecule has 1 aromatic heterocycles. The number of aliphatic hydroxyl groups excluding tert-OH is 1. The first-order chi connectivity index (χ1) is 16.4. The van der Waals surface area contributed by atoms with Crippen LogP contribution in [0.25, 0.3) is 10.9 Å². The van der Waals surface area contributed by atoms with Crippen molar-refractivity contribution in [3.05, 3.63) is 52.8 Å². The number of ether oxygens (including phenoxy) is 1. The third-order valence-electron chi connectivity index (χ3n) is 7.05. The molecule has 1 aliphatic carbocycles. The van der Waals surface area contributed by atoms with Crippen LogP contribution in [0.15, 0.2) is 36.4 Å². The maximum atomic E-state index is 15.1. The van der Waals surface area contributed by atoms with Gasteiger partial charge < -0.3 is 19.6 Å². The number of hydrogen-bond donors (Lipinski definition) is 1. The Bertz CT molecular complexity index is 1190. The summed E-state index contributed by atoms with van der Waals surface area (Å²) < 4.78 is 20.6. The van der Waals surface area contributed by atoms with E-state index < -0.39 is 5.67 Å². The van der Waals surface area contributed by atoms with Crippen molar-refractivity contribution >= 4 is 34.0 Å². The highest BCUT2D eigenvalue weighted by atomic mass is 35.5. The minimum atomic E-state index is -1.43. The van der Waals surface area contributed by atoms with Gasteiger partial charge in [0, 0.05) is 32.1 Å². The fraction of sp³-hybridized carbons (Fsp3) is 0.462. The predicted molar refractivity (Wildman–Crippen MR) is 134 cm³/mol. The molecule has 34 heavy (non-hydrogen) atoms. The average Bonchev–Trinajstić information content (AvgIpc) is 3.61. The molecule has 2 heterocycles. The SMILES string of the molecule is COc1ccccc1C1CCN(c2nc(C3(F)CC3)nc3cc(Cl)c(N(C)CCO)cc23)CC1. The fourth-order valence-corrected chi connectivity index (χ4v) is 5.17. The molecule has 0 bridgehead atoms. The lowest BCUT2D eigenvalue weighted by atomic mass is 9.88. The Hall–Kier alpha value is -2.64. The van der Waals surface area contributed by atoms with Gasteiger partial charge in [0.2, 0.25) is 0 Å². The van der Waals surface area contributed by atoms with E-state index in [-0.39, 0.29) is 12.4 Å². The first kappa shape index (κ1) is 23.1. The Morgan fingerprint density at radius 1 is 1.21 bits per heavy atom. The number of alkyl halides is 1. The van der Waals surface area contributed by atoms with Gasteiger partial charge in [-0.2, -0.15) is 0 Å². The summed E-state index contributed by atoms with van der Waals surface area (Å²) in [6.07, 6.45) is 2.82. The number of fused-ring (bicyclic) bond motifs is 1. The molecule has 0 spiro atoms. The van der Waals surface area contributed by atoms with E-state index in [1.165, 1.54) is 5.56 Å². The van der Waals surface area contributed by atoms with Gasteiger partial charge in [-0.15, -0.1) is 0 Å². The summed E-state index contributed by atoms with van der Waals surface area (Å²) in [4.78, 5) is 13.5. The van der Waals surface area contributed by atoms with Crippen LogP contribution >= 0.6 is 11.6 Å². The lowest BCUT2D eigenvalue weighted by molar-refractivity contribution is 0.301. The van der Waals surface area contributed by atoms with Gasteiger partial charge in [0.25, 0.3) is 0 Å². The summed E-state index contributed by atoms with van der Waals surface area (Å²) in [6.45, 7) is 2.08. The summed E-state index contributed by atoms with van der Waals surface area (Å²) in [5, 5.41) is 10.8. The van der Waals surface area contributed by atoms with Crippen molar-refractivity contribution in [3.63, 3.8) is 0 Å². The summed E-state index contributed by atoms with van der Waals surface area (Å²) in [6, 6.07) is 12.0. The van der Waals surface area contributed by atoms with Gasteiger partial charge in [0.05, 0.1) is 29.9 Å². The zero-order valence-electron chi connectivity index (χ0n) is 19.6. The largest absolute Gasteiger partial charge is 0.496 e. The van der Waals surface area contributed by atoms with Gasteiger partial charge in [-0.3, -0.25) is 0 Å². The smallest absolute Gasteiger partial charge is 0.170 e. The topological polar surface area (TPSA) is 61.7 Å². The van der Waals surface area contributed by atoms with E-state index in [4.69, 9.17) is 21.3 Å². The van der Waals surface area contributed by atoms with Crippen LogP contribution in [-0.4, -0.2) is 55.5 Å². The second-order valence-corrected chi connectivity index (χ2v) is 9.71. The second-order valence-electron chi connectivity index (χ2n) is 9.31. The minimum absolute atomic E-state index is 0.0218. The molecule has 2 fully saturated rings. The number of aliphatic hydroxyl groups is 1. The van der Waals surface area contributed by atoms with Crippen LogP contribution in [0.1, 0.15) is 43.0 Å². The molecule has 8 heteroatoms. The number of hydrogen-bond acceptors (Lipinski definition) is 6. The Morgan fingerprint density at radius 3 is 2.62 bits per heavy atom. The highest BCUT2D eigenvalue weighted by Crippen LogP contribution is 2.49. The summed E-state index contributed by atoms with van der Waals surface area (Å²) in [5.74, 6) is 2.35. The minimum Gasteiger partial charge on any atom is -0.496 e. The molecule has 0 radical (unpaired) electrons. The molecule has 6 nitrogen and oxygen atoms in total. The molecule has 1 saturated carbocycles. The first-order valence-electron chi connectivity index (χ1n) is 11.8. The van der Waals surface area contributed by atoms with E-state index in [0.717, 1.165) is 48.6 Å². The standard InChI is InChI=1S/C26H30ClFN4O2/c1-31(13-14-33)22-15-19-21(16-20(22)27)29-25(26(28)9-10-26)30-24(19)32-11-7-17(8-12-32)18-5-3-4-6-23(18)34-2/h3-6,15-17,33H,7-14H2,1-2H3. The highest BCUT2D eigenvalue weighted by Gasteiger charge is 2.48. The molecular weight excluding hydrogens is 455 g/mol. The normalized spacial score (nSPS) is 17.7. The first-order valence-corrected chi connectivity index (χ1v) is 12.2. The molecule has 5 rings (SSSR count). The van der Waals surface area contributed by atoms with Crippen molar-refractivity contribution in [2.45, 2.75) is 37.3 Å². The lowest BCUT2D eigenvalue weighted by Crippen LogP contribution is -2.34. The maximum absolute atomic E-state index is 15.1. The number of methoxy groups -OCH3 is 1. The molecule has 1 saturated heterocycles. The number of anilines is 2. The van der Waals surface area contributed by atoms with Crippen LogP contribution in [0.3, 0.4) is 0 Å². The Balaban J connectivity index is 1.51. The number of benzene rings is 2. The van der Waals surface area contributed by atoms with E-state index in [0.29, 0.717) is 35.8 Å². The van der Waals surface area contributed by atoms with Gasteiger partial charge in [-0.1, -0.05) is 29.8 Å². The van der Waals surface area contributed by atoms with Crippen LogP contribution < -0.4 is 14.5 Å². The van der Waals surface area contributed by atoms with Gasteiger partial charge in [-0.25, -0.2) is 14.4 Å². The van der Waals surface area contributed by atoms with Crippen molar-refractivity contribution in [2.24, 2.45) is 0 Å². The van der Waals surface area contributed by atoms with Crippen LogP contribution in [0, 0.1) is 0 Å². The zero-order chi connectivity index (χ0) is 23.9. The summed E-state index contributed by atoms with van der Waals surface area (Å²) in [7, 11) is 3.60. The van der Waals surface area contributed by atoms with Gasteiger partial charge in [0.15, 0.2) is 11.5 Å². The summed E-state index contributed by atoms with van der Waals surface area (Å²) in [5.41, 5.74) is 1.25. The van der Waals surface area contributed by atoms with Crippen LogP contribution in [0.5, 0.6) is 5.75 Å². The zero-order valence-corrected chi connectivity index (χ0v) is 20.4. The maximum Gasteiger partial charge on any atom is 0.170 e. The van der Waals surface area contributed by atoms with E-state index in [1.54, 1.807) is 13.2 Å². The third kappa shape index (κ3) is 4.27. The molecule has 0 amide bonds. The average molecular weight is 485 g/mol. The number of halogens is 2. The molecule has 0 unspecified atom stereocenters. The van der Waals surface area contributed by atoms with Crippen molar-refractivity contribution in [2.75, 3.05) is 50.2 Å². The molecular formula is C26H30ClFN4O2. The Kier molecular flexibility index (Phi) is 6.25. The number of nitrogens with zero attached hydrogens (tertiary/aromatic N) is 4. The van der Waals surface area contributed by atoms with Crippen molar-refractivity contribution in [1.29, 1.82) is 0 Å². The number of piperidine rings is 1. The van der Waals surface area contributed by atoms with Gasteiger partial charge in [-0.05, 0) is 55.4 Å². The molecule has 1 aliphatic heterocycles. The number of aromatic nitrogens is 2. The third-order valence-corrected chi connectivity index (χ3v) is 7.36. The second kappa shape index (κ2) is 9.19. The van der Waals surface area contributed by atoms with Crippen LogP contribution in [0.4, 0.5) is 15.9 Å². The Morgan fingerprint density at radius 2 is 1.94 bits per heavy atom. The number of likely N-dealkylation sites (N-methyl/N-ethyl adjacent to an activating group) is 1. The molecule has 1 N–H and O–H groups in total. The number of rotatable bonds is 7.